The van der Waals surface area contributed by atoms with Crippen molar-refractivity contribution in [3.05, 3.63) is 66.2 Å². The van der Waals surface area contributed by atoms with Gasteiger partial charge in [-0.15, -0.1) is 0 Å². The van der Waals surface area contributed by atoms with Crippen LogP contribution in [0.15, 0.2) is 54.6 Å². The van der Waals surface area contributed by atoms with E-state index in [1.807, 2.05) is 26.0 Å². The third-order valence-electron chi connectivity index (χ3n) is 5.98. The van der Waals surface area contributed by atoms with Crippen LogP contribution in [-0.2, 0) is 0 Å². The average Bonchev–Trinajstić information content (AvgIpc) is 3.43. The molecule has 3 aromatic heterocycles. The molecule has 2 unspecified atom stereocenters. The first kappa shape index (κ1) is 18.9. The van der Waals surface area contributed by atoms with Gasteiger partial charge in [-0.25, -0.2) is 15.0 Å². The van der Waals surface area contributed by atoms with Gasteiger partial charge >= 0.3 is 0 Å². The molecule has 6 rings (SSSR count). The molecule has 0 saturated heterocycles. The minimum atomic E-state index is -0.191. The van der Waals surface area contributed by atoms with E-state index in [4.69, 9.17) is 16.5 Å². The Kier molecular flexibility index (Phi) is 4.05. The molecule has 0 amide bonds. The summed E-state index contributed by atoms with van der Waals surface area (Å²) in [5, 5.41) is 3.27. The number of H-pyrrole nitrogens is 2. The summed E-state index contributed by atoms with van der Waals surface area (Å²) >= 11 is 0. The topological polar surface area (TPSA) is 122 Å². The van der Waals surface area contributed by atoms with Crippen molar-refractivity contribution in [2.45, 2.75) is 25.9 Å². The van der Waals surface area contributed by atoms with E-state index in [1.54, 1.807) is 0 Å². The number of hydrogen-bond donors (Lipinski definition) is 4. The Morgan fingerprint density at radius 3 is 2.34 bits per heavy atom. The van der Waals surface area contributed by atoms with Crippen LogP contribution in [0.5, 0.6) is 0 Å². The quantitative estimate of drug-likeness (QED) is 0.325. The van der Waals surface area contributed by atoms with Gasteiger partial charge in [-0.05, 0) is 61.2 Å². The van der Waals surface area contributed by atoms with Crippen molar-refractivity contribution in [1.82, 2.24) is 24.9 Å². The number of benzene rings is 3. The fraction of sp³-hybridized carbons (Fsp3) is 0.160. The molecule has 7 heteroatoms. The second kappa shape index (κ2) is 6.85. The third kappa shape index (κ3) is 2.86. The smallest absolute Gasteiger partial charge is 0.146 e. The van der Waals surface area contributed by atoms with Crippen molar-refractivity contribution < 1.29 is 0 Å². The Balaban J connectivity index is 1.47. The lowest BCUT2D eigenvalue weighted by atomic mass is 10.0. The van der Waals surface area contributed by atoms with Gasteiger partial charge < -0.3 is 21.4 Å². The highest BCUT2D eigenvalue weighted by atomic mass is 15.0. The third-order valence-corrected chi connectivity index (χ3v) is 5.98. The molecule has 158 valence electrons. The molecule has 0 aliphatic rings. The molecule has 3 heterocycles. The summed E-state index contributed by atoms with van der Waals surface area (Å²) in [5.74, 6) is 1.47. The number of pyridine rings is 1. The molecule has 0 saturated carbocycles. The van der Waals surface area contributed by atoms with Gasteiger partial charge in [0.1, 0.15) is 17.2 Å². The summed E-state index contributed by atoms with van der Waals surface area (Å²) in [6.07, 6.45) is 0. The van der Waals surface area contributed by atoms with Gasteiger partial charge in [0.25, 0.3) is 0 Å². The number of hydrogen-bond acceptors (Lipinski definition) is 5. The van der Waals surface area contributed by atoms with E-state index in [0.717, 1.165) is 60.8 Å². The number of fused-ring (bicyclic) bond motifs is 6. The molecular formula is C25H23N7. The Morgan fingerprint density at radius 2 is 1.53 bits per heavy atom. The molecule has 0 bridgehead atoms. The average molecular weight is 422 g/mol. The predicted octanol–water partition coefficient (Wildman–Crippen LogP) is 4.85. The highest BCUT2D eigenvalue weighted by molar-refractivity contribution is 6.06. The number of rotatable bonds is 3. The summed E-state index contributed by atoms with van der Waals surface area (Å²) < 4.78 is 0. The highest BCUT2D eigenvalue weighted by Crippen LogP contribution is 2.31. The van der Waals surface area contributed by atoms with Crippen LogP contribution in [0, 0.1) is 0 Å². The maximum atomic E-state index is 6.01. The number of aromatic amines is 2. The molecule has 7 nitrogen and oxygen atoms in total. The minimum absolute atomic E-state index is 0.133. The monoisotopic (exact) mass is 421 g/mol. The van der Waals surface area contributed by atoms with E-state index in [-0.39, 0.29) is 12.1 Å². The molecule has 0 fully saturated rings. The largest absolute Gasteiger partial charge is 0.354 e. The zero-order chi connectivity index (χ0) is 22.0. The zero-order valence-electron chi connectivity index (χ0n) is 17.8. The molecule has 0 spiro atoms. The van der Waals surface area contributed by atoms with Crippen molar-refractivity contribution in [3.8, 4) is 11.3 Å². The molecule has 6 N–H and O–H groups in total. The van der Waals surface area contributed by atoms with Crippen LogP contribution in [0.2, 0.25) is 0 Å². The fourth-order valence-corrected chi connectivity index (χ4v) is 4.27. The lowest BCUT2D eigenvalue weighted by molar-refractivity contribution is 0.760. The first-order chi connectivity index (χ1) is 15.5. The summed E-state index contributed by atoms with van der Waals surface area (Å²) in [6, 6.07) is 18.5. The van der Waals surface area contributed by atoms with Crippen molar-refractivity contribution in [1.29, 1.82) is 0 Å². The van der Waals surface area contributed by atoms with Crippen molar-refractivity contribution in [2.75, 3.05) is 0 Å². The summed E-state index contributed by atoms with van der Waals surface area (Å²) in [6.45, 7) is 3.83. The highest BCUT2D eigenvalue weighted by Gasteiger charge is 2.13. The number of imidazole rings is 2. The first-order valence-electron chi connectivity index (χ1n) is 10.7. The fourth-order valence-electron chi connectivity index (χ4n) is 4.27. The summed E-state index contributed by atoms with van der Waals surface area (Å²) in [7, 11) is 0. The molecule has 32 heavy (non-hydrogen) atoms. The van der Waals surface area contributed by atoms with Gasteiger partial charge in [0, 0.05) is 22.0 Å². The normalized spacial score (nSPS) is 14.0. The Hall–Kier alpha value is -3.81. The van der Waals surface area contributed by atoms with Crippen LogP contribution in [0.25, 0.3) is 55.0 Å². The SMILES string of the molecule is CC(N)c1nc2ccc3[nH]c(-c4ccc5c(ccc6[nH]c(C(C)N)nc65)c4)ccc3c2n1. The predicted molar refractivity (Wildman–Crippen MR) is 129 cm³/mol. The van der Waals surface area contributed by atoms with E-state index < -0.39 is 0 Å². The molecule has 0 aliphatic carbocycles. The molecule has 2 atom stereocenters. The van der Waals surface area contributed by atoms with Gasteiger partial charge in [-0.3, -0.25) is 0 Å². The van der Waals surface area contributed by atoms with Crippen LogP contribution in [0.4, 0.5) is 0 Å². The number of nitrogens with two attached hydrogens (primary N) is 2. The Morgan fingerprint density at radius 1 is 0.719 bits per heavy atom. The molecule has 0 radical (unpaired) electrons. The van der Waals surface area contributed by atoms with E-state index in [1.165, 1.54) is 0 Å². The number of nitrogens with one attached hydrogen (secondary N) is 2. The van der Waals surface area contributed by atoms with Crippen molar-refractivity contribution >= 4 is 43.7 Å². The van der Waals surface area contributed by atoms with Crippen LogP contribution in [0.1, 0.15) is 37.6 Å². The standard InChI is InChI=1S/C25H23N7/c1-12(26)24-29-20-7-4-14-11-15(3-5-16(14)22(20)31-24)18-8-6-17-19(28-18)9-10-21-23(17)32-25(30-21)13(2)27/h3-13,28H,26-27H2,1-2H3,(H,29,31). The zero-order valence-corrected chi connectivity index (χ0v) is 17.8. The molecule has 6 aromatic rings. The molecule has 0 aliphatic heterocycles. The van der Waals surface area contributed by atoms with Crippen LogP contribution in [-0.4, -0.2) is 24.9 Å². The molecular weight excluding hydrogens is 398 g/mol. The van der Waals surface area contributed by atoms with E-state index in [0.29, 0.717) is 5.82 Å². The van der Waals surface area contributed by atoms with Gasteiger partial charge in [-0.1, -0.05) is 18.2 Å². The number of nitrogens with zero attached hydrogens (tertiary/aromatic N) is 3. The van der Waals surface area contributed by atoms with Crippen molar-refractivity contribution in [3.63, 3.8) is 0 Å². The minimum Gasteiger partial charge on any atom is -0.354 e. The van der Waals surface area contributed by atoms with Crippen LogP contribution < -0.4 is 11.5 Å². The van der Waals surface area contributed by atoms with E-state index in [9.17, 15) is 0 Å². The first-order valence-corrected chi connectivity index (χ1v) is 10.7. The number of aromatic nitrogens is 5. The maximum Gasteiger partial charge on any atom is 0.146 e. The van der Waals surface area contributed by atoms with Crippen molar-refractivity contribution in [2.24, 2.45) is 11.5 Å². The van der Waals surface area contributed by atoms with Gasteiger partial charge in [-0.2, -0.15) is 0 Å². The Bertz CT molecular complexity index is 1520. The second-order valence-electron chi connectivity index (χ2n) is 8.45. The van der Waals surface area contributed by atoms with Crippen LogP contribution >= 0.6 is 0 Å². The Labute approximate surface area is 183 Å². The van der Waals surface area contributed by atoms with E-state index in [2.05, 4.69) is 62.4 Å². The lowest BCUT2D eigenvalue weighted by Crippen LogP contribution is -2.06. The van der Waals surface area contributed by atoms with Gasteiger partial charge in [0.2, 0.25) is 0 Å². The lowest BCUT2D eigenvalue weighted by Gasteiger charge is -2.07. The second-order valence-corrected chi connectivity index (χ2v) is 8.45. The summed E-state index contributed by atoms with van der Waals surface area (Å²) in [5.41, 5.74) is 18.8. The van der Waals surface area contributed by atoms with E-state index >= 15 is 0 Å². The summed E-state index contributed by atoms with van der Waals surface area (Å²) in [4.78, 5) is 20.8. The maximum absolute atomic E-state index is 6.01. The van der Waals surface area contributed by atoms with Gasteiger partial charge in [0.15, 0.2) is 0 Å². The van der Waals surface area contributed by atoms with Crippen LogP contribution in [0.3, 0.4) is 0 Å². The van der Waals surface area contributed by atoms with Gasteiger partial charge in [0.05, 0.1) is 28.6 Å². The molecule has 3 aromatic carbocycles.